The van der Waals surface area contributed by atoms with E-state index < -0.39 is 0 Å². The van der Waals surface area contributed by atoms with Crippen LogP contribution >= 0.6 is 0 Å². The zero-order valence-corrected chi connectivity index (χ0v) is 9.35. The van der Waals surface area contributed by atoms with Crippen LogP contribution in [0.4, 0.5) is 0 Å². The largest absolute Gasteiger partial charge is 0.387 e. The molecule has 0 bridgehead atoms. The molecular weight excluding hydrogens is 198 g/mol. The van der Waals surface area contributed by atoms with Crippen LogP contribution in [0, 0.1) is 12.8 Å². The van der Waals surface area contributed by atoms with Gasteiger partial charge in [0.25, 0.3) is 0 Å². The van der Waals surface area contributed by atoms with Crippen molar-refractivity contribution in [2.45, 2.75) is 25.9 Å². The minimum Gasteiger partial charge on any atom is -0.387 e. The Bertz CT molecular complexity index is 531. The summed E-state index contributed by atoms with van der Waals surface area (Å²) in [5, 5.41) is 11.3. The Hall–Kier alpha value is -1.41. The quantitative estimate of drug-likeness (QED) is 0.832. The normalized spacial score (nSPS) is 17.6. The number of benzene rings is 1. The first-order chi connectivity index (χ1) is 7.75. The first kappa shape index (κ1) is 9.79. The van der Waals surface area contributed by atoms with Crippen molar-refractivity contribution in [3.63, 3.8) is 0 Å². The lowest BCUT2D eigenvalue weighted by Gasteiger charge is -2.11. The lowest BCUT2D eigenvalue weighted by atomic mass is 10.1. The number of fused-ring (bicyclic) bond motifs is 1. The molecule has 2 aromatic rings. The molecule has 2 nitrogen and oxygen atoms in total. The molecule has 1 aromatic heterocycles. The van der Waals surface area contributed by atoms with Crippen molar-refractivity contribution in [2.24, 2.45) is 5.92 Å². The summed E-state index contributed by atoms with van der Waals surface area (Å²) in [5.74, 6) is 0.438. The average Bonchev–Trinajstić information content (AvgIpc) is 3.12. The zero-order chi connectivity index (χ0) is 11.1. The highest BCUT2D eigenvalue weighted by atomic mass is 16.3. The van der Waals surface area contributed by atoms with Crippen LogP contribution in [-0.2, 0) is 0 Å². The number of hydrogen-bond acceptors (Lipinski definition) is 2. The van der Waals surface area contributed by atoms with Gasteiger partial charge < -0.3 is 5.11 Å². The van der Waals surface area contributed by atoms with E-state index in [0.717, 1.165) is 24.1 Å². The van der Waals surface area contributed by atoms with Crippen LogP contribution in [0.25, 0.3) is 10.9 Å². The van der Waals surface area contributed by atoms with Crippen LogP contribution in [-0.4, -0.2) is 10.1 Å². The van der Waals surface area contributed by atoms with E-state index >= 15 is 0 Å². The van der Waals surface area contributed by atoms with Gasteiger partial charge in [0, 0.05) is 5.39 Å². The molecule has 0 amide bonds. The van der Waals surface area contributed by atoms with Crippen LogP contribution in [0.1, 0.15) is 30.2 Å². The Balaban J connectivity index is 2.12. The van der Waals surface area contributed by atoms with E-state index in [-0.39, 0.29) is 6.10 Å². The second-order valence-electron chi connectivity index (χ2n) is 4.66. The Labute approximate surface area is 94.9 Å². The third-order valence-corrected chi connectivity index (χ3v) is 3.31. The summed E-state index contributed by atoms with van der Waals surface area (Å²) >= 11 is 0. The fourth-order valence-corrected chi connectivity index (χ4v) is 2.18. The van der Waals surface area contributed by atoms with Gasteiger partial charge in [-0.15, -0.1) is 0 Å². The highest BCUT2D eigenvalue weighted by Crippen LogP contribution is 2.40. The SMILES string of the molecule is Cc1cc(C(O)C2CC2)nc2ccccc12. The molecule has 1 aromatic carbocycles. The highest BCUT2D eigenvalue weighted by molar-refractivity contribution is 5.82. The topological polar surface area (TPSA) is 33.1 Å². The molecule has 1 N–H and O–H groups in total. The van der Waals surface area contributed by atoms with Gasteiger partial charge in [0.05, 0.1) is 17.3 Å². The number of hydrogen-bond donors (Lipinski definition) is 1. The van der Waals surface area contributed by atoms with Crippen LogP contribution in [0.15, 0.2) is 30.3 Å². The lowest BCUT2D eigenvalue weighted by Crippen LogP contribution is -2.03. The van der Waals surface area contributed by atoms with Gasteiger partial charge in [0.2, 0.25) is 0 Å². The van der Waals surface area contributed by atoms with Crippen molar-refractivity contribution >= 4 is 10.9 Å². The van der Waals surface area contributed by atoms with Crippen molar-refractivity contribution in [1.82, 2.24) is 4.98 Å². The van der Waals surface area contributed by atoms with E-state index in [1.165, 1.54) is 10.9 Å². The number of aliphatic hydroxyl groups is 1. The standard InChI is InChI=1S/C14H15NO/c1-9-8-13(14(16)10-6-7-10)15-12-5-3-2-4-11(9)12/h2-5,8,10,14,16H,6-7H2,1H3. The van der Waals surface area contributed by atoms with Gasteiger partial charge in [-0.3, -0.25) is 4.98 Å². The van der Waals surface area contributed by atoms with E-state index in [1.54, 1.807) is 0 Å². The van der Waals surface area contributed by atoms with E-state index in [4.69, 9.17) is 0 Å². The molecule has 1 aliphatic carbocycles. The smallest absolute Gasteiger partial charge is 0.0988 e. The van der Waals surface area contributed by atoms with Gasteiger partial charge in [0.15, 0.2) is 0 Å². The van der Waals surface area contributed by atoms with Crippen LogP contribution in [0.2, 0.25) is 0 Å². The summed E-state index contributed by atoms with van der Waals surface area (Å²) in [5.41, 5.74) is 3.01. The Morgan fingerprint density at radius 2 is 2.06 bits per heavy atom. The lowest BCUT2D eigenvalue weighted by molar-refractivity contribution is 0.149. The molecule has 0 spiro atoms. The van der Waals surface area contributed by atoms with Crippen LogP contribution < -0.4 is 0 Å². The molecular formula is C14H15NO. The second kappa shape index (κ2) is 3.56. The first-order valence-corrected chi connectivity index (χ1v) is 5.80. The number of nitrogens with zero attached hydrogens (tertiary/aromatic N) is 1. The van der Waals surface area contributed by atoms with Gasteiger partial charge in [0.1, 0.15) is 0 Å². The minimum absolute atomic E-state index is 0.372. The fraction of sp³-hybridized carbons (Fsp3) is 0.357. The van der Waals surface area contributed by atoms with E-state index in [2.05, 4.69) is 18.0 Å². The monoisotopic (exact) mass is 213 g/mol. The van der Waals surface area contributed by atoms with Gasteiger partial charge >= 0.3 is 0 Å². The summed E-state index contributed by atoms with van der Waals surface area (Å²) < 4.78 is 0. The van der Waals surface area contributed by atoms with Crippen molar-refractivity contribution in [2.75, 3.05) is 0 Å². The van der Waals surface area contributed by atoms with E-state index in [0.29, 0.717) is 5.92 Å². The van der Waals surface area contributed by atoms with Gasteiger partial charge in [-0.2, -0.15) is 0 Å². The number of pyridine rings is 1. The van der Waals surface area contributed by atoms with Crippen molar-refractivity contribution in [1.29, 1.82) is 0 Å². The molecule has 1 heterocycles. The number of rotatable bonds is 2. The fourth-order valence-electron chi connectivity index (χ4n) is 2.18. The molecule has 1 unspecified atom stereocenters. The van der Waals surface area contributed by atoms with Crippen molar-refractivity contribution in [3.05, 3.63) is 41.6 Å². The molecule has 1 aliphatic rings. The van der Waals surface area contributed by atoms with Crippen LogP contribution in [0.5, 0.6) is 0 Å². The first-order valence-electron chi connectivity index (χ1n) is 5.80. The number of aryl methyl sites for hydroxylation is 1. The maximum atomic E-state index is 10.1. The third kappa shape index (κ3) is 1.59. The summed E-state index contributed by atoms with van der Waals surface area (Å²) in [7, 11) is 0. The van der Waals surface area contributed by atoms with Crippen molar-refractivity contribution < 1.29 is 5.11 Å². The molecule has 1 atom stereocenters. The average molecular weight is 213 g/mol. The molecule has 0 saturated heterocycles. The maximum absolute atomic E-state index is 10.1. The van der Waals surface area contributed by atoms with Gasteiger partial charge in [-0.25, -0.2) is 0 Å². The molecule has 16 heavy (non-hydrogen) atoms. The molecule has 0 aliphatic heterocycles. The number of aromatic nitrogens is 1. The third-order valence-electron chi connectivity index (χ3n) is 3.31. The summed E-state index contributed by atoms with van der Waals surface area (Å²) in [6.07, 6.45) is 1.90. The molecule has 3 rings (SSSR count). The molecule has 82 valence electrons. The number of aliphatic hydroxyl groups excluding tert-OH is 1. The predicted octanol–water partition coefficient (Wildman–Crippen LogP) is 2.99. The van der Waals surface area contributed by atoms with Crippen LogP contribution in [0.3, 0.4) is 0 Å². The van der Waals surface area contributed by atoms with Gasteiger partial charge in [-0.05, 0) is 43.4 Å². The van der Waals surface area contributed by atoms with E-state index in [1.807, 2.05) is 24.3 Å². The maximum Gasteiger partial charge on any atom is 0.0988 e. The second-order valence-corrected chi connectivity index (χ2v) is 4.66. The zero-order valence-electron chi connectivity index (χ0n) is 9.35. The molecule has 0 radical (unpaired) electrons. The highest BCUT2D eigenvalue weighted by Gasteiger charge is 2.31. The molecule has 1 fully saturated rings. The molecule has 1 saturated carbocycles. The van der Waals surface area contributed by atoms with Crippen molar-refractivity contribution in [3.8, 4) is 0 Å². The van der Waals surface area contributed by atoms with Gasteiger partial charge in [-0.1, -0.05) is 18.2 Å². The molecule has 2 heteroatoms. The van der Waals surface area contributed by atoms with E-state index in [9.17, 15) is 5.11 Å². The minimum atomic E-state index is -0.372. The Kier molecular flexibility index (Phi) is 2.18. The predicted molar refractivity (Wildman–Crippen MR) is 64.2 cm³/mol. The summed E-state index contributed by atoms with van der Waals surface area (Å²) in [6.45, 7) is 2.08. The number of para-hydroxylation sites is 1. The summed E-state index contributed by atoms with van der Waals surface area (Å²) in [4.78, 5) is 4.55. The Morgan fingerprint density at radius 1 is 1.31 bits per heavy atom. The Morgan fingerprint density at radius 3 is 2.81 bits per heavy atom. The summed E-state index contributed by atoms with van der Waals surface area (Å²) in [6, 6.07) is 10.1.